The zero-order valence-electron chi connectivity index (χ0n) is 15.3. The molecular formula is C20H20ClN3O3S. The normalized spacial score (nSPS) is 17.9. The van der Waals surface area contributed by atoms with Crippen molar-refractivity contribution >= 4 is 46.0 Å². The number of aliphatic imine (C=N–C) groups is 1. The van der Waals surface area contributed by atoms with E-state index in [1.807, 2.05) is 36.4 Å². The molecule has 2 amide bonds. The van der Waals surface area contributed by atoms with Crippen LogP contribution in [-0.4, -0.2) is 40.8 Å². The Bertz CT molecular complexity index is 885. The fraction of sp³-hybridized carbons (Fsp3) is 0.250. The number of hydrogen-bond acceptors (Lipinski definition) is 5. The van der Waals surface area contributed by atoms with E-state index < -0.39 is 11.2 Å². The van der Waals surface area contributed by atoms with Gasteiger partial charge in [0.25, 0.3) is 0 Å². The Kier molecular flexibility index (Phi) is 6.59. The minimum Gasteiger partial charge on any atom is -0.497 e. The van der Waals surface area contributed by atoms with Crippen molar-refractivity contribution < 1.29 is 14.3 Å². The molecule has 1 atom stereocenters. The average Bonchev–Trinajstić information content (AvgIpc) is 2.96. The number of primary amides is 1. The van der Waals surface area contributed by atoms with Crippen molar-refractivity contribution in [1.82, 2.24) is 4.90 Å². The Morgan fingerprint density at radius 2 is 1.89 bits per heavy atom. The maximum Gasteiger partial charge on any atom is 0.242 e. The third-order valence-corrected chi connectivity index (χ3v) is 5.67. The summed E-state index contributed by atoms with van der Waals surface area (Å²) in [7, 11) is 1.60. The Labute approximate surface area is 172 Å². The largest absolute Gasteiger partial charge is 0.497 e. The van der Waals surface area contributed by atoms with Crippen LogP contribution < -0.4 is 10.5 Å². The van der Waals surface area contributed by atoms with Crippen molar-refractivity contribution in [3.8, 4) is 5.75 Å². The number of thioether (sulfide) groups is 1. The number of nitrogens with two attached hydrogens (primary N) is 1. The van der Waals surface area contributed by atoms with Crippen LogP contribution in [0.2, 0.25) is 5.02 Å². The zero-order valence-corrected chi connectivity index (χ0v) is 16.9. The molecule has 6 nitrogen and oxygen atoms in total. The molecular weight excluding hydrogens is 398 g/mol. The maximum atomic E-state index is 12.8. The molecule has 8 heteroatoms. The third-order valence-electron chi connectivity index (χ3n) is 4.24. The second-order valence-electron chi connectivity index (χ2n) is 6.24. The van der Waals surface area contributed by atoms with Crippen molar-refractivity contribution in [2.24, 2.45) is 10.7 Å². The first-order valence-electron chi connectivity index (χ1n) is 8.70. The standard InChI is InChI=1S/C20H20ClN3O3S/c1-27-16-8-6-15(7-9-16)23-20-24(19(26)17(28-20)12-18(22)25)11-10-13-2-4-14(21)5-3-13/h2-9,17H,10-12H2,1H3,(H2,22,25). The van der Waals surface area contributed by atoms with Crippen molar-refractivity contribution in [2.75, 3.05) is 13.7 Å². The lowest BCUT2D eigenvalue weighted by Crippen LogP contribution is -2.35. The van der Waals surface area contributed by atoms with Crippen molar-refractivity contribution in [1.29, 1.82) is 0 Å². The van der Waals surface area contributed by atoms with Crippen LogP contribution in [0.25, 0.3) is 0 Å². The molecule has 0 saturated carbocycles. The molecule has 1 aliphatic rings. The van der Waals surface area contributed by atoms with E-state index in [9.17, 15) is 9.59 Å². The van der Waals surface area contributed by atoms with Crippen LogP contribution in [0, 0.1) is 0 Å². The molecule has 0 spiro atoms. The summed E-state index contributed by atoms with van der Waals surface area (Å²) in [4.78, 5) is 30.3. The molecule has 1 unspecified atom stereocenters. The summed E-state index contributed by atoms with van der Waals surface area (Å²) < 4.78 is 5.16. The van der Waals surface area contributed by atoms with E-state index in [4.69, 9.17) is 22.1 Å². The van der Waals surface area contributed by atoms with Gasteiger partial charge in [-0.25, -0.2) is 4.99 Å². The van der Waals surface area contributed by atoms with Crippen LogP contribution in [-0.2, 0) is 16.0 Å². The van der Waals surface area contributed by atoms with Gasteiger partial charge in [-0.05, 0) is 48.4 Å². The second kappa shape index (κ2) is 9.12. The number of amides is 2. The maximum absolute atomic E-state index is 12.8. The van der Waals surface area contributed by atoms with E-state index in [1.54, 1.807) is 24.1 Å². The summed E-state index contributed by atoms with van der Waals surface area (Å²) in [6.07, 6.45) is 0.636. The highest BCUT2D eigenvalue weighted by Crippen LogP contribution is 2.32. The fourth-order valence-corrected chi connectivity index (χ4v) is 4.10. The van der Waals surface area contributed by atoms with E-state index in [2.05, 4.69) is 4.99 Å². The molecule has 2 aromatic rings. The summed E-state index contributed by atoms with van der Waals surface area (Å²) in [5.41, 5.74) is 7.06. The van der Waals surface area contributed by atoms with Gasteiger partial charge in [0.15, 0.2) is 5.17 Å². The van der Waals surface area contributed by atoms with Gasteiger partial charge < -0.3 is 10.5 Å². The molecule has 3 rings (SSSR count). The van der Waals surface area contributed by atoms with E-state index in [1.165, 1.54) is 11.8 Å². The fourth-order valence-electron chi connectivity index (χ4n) is 2.77. The number of methoxy groups -OCH3 is 1. The van der Waals surface area contributed by atoms with Gasteiger partial charge in [-0.3, -0.25) is 14.5 Å². The van der Waals surface area contributed by atoms with E-state index in [0.717, 1.165) is 11.3 Å². The Balaban J connectivity index is 1.80. The van der Waals surface area contributed by atoms with E-state index >= 15 is 0 Å². The van der Waals surface area contributed by atoms with Gasteiger partial charge in [-0.15, -0.1) is 0 Å². The zero-order chi connectivity index (χ0) is 20.1. The first-order valence-corrected chi connectivity index (χ1v) is 9.95. The lowest BCUT2D eigenvalue weighted by atomic mass is 10.1. The van der Waals surface area contributed by atoms with Crippen molar-refractivity contribution in [3.63, 3.8) is 0 Å². The number of carbonyl (C=O) groups excluding carboxylic acids is 2. The SMILES string of the molecule is COc1ccc(N=C2SC(CC(N)=O)C(=O)N2CCc2ccc(Cl)cc2)cc1. The lowest BCUT2D eigenvalue weighted by molar-refractivity contribution is -0.128. The predicted molar refractivity (Wildman–Crippen MR) is 112 cm³/mol. The number of benzene rings is 2. The summed E-state index contributed by atoms with van der Waals surface area (Å²) in [5.74, 6) is 0.0736. The van der Waals surface area contributed by atoms with E-state index in [0.29, 0.717) is 28.8 Å². The number of ether oxygens (including phenoxy) is 1. The van der Waals surface area contributed by atoms with Crippen LogP contribution in [0.5, 0.6) is 5.75 Å². The minimum absolute atomic E-state index is 0.0113. The topological polar surface area (TPSA) is 85.0 Å². The summed E-state index contributed by atoms with van der Waals surface area (Å²) in [6.45, 7) is 0.456. The molecule has 28 heavy (non-hydrogen) atoms. The summed E-state index contributed by atoms with van der Waals surface area (Å²) >= 11 is 7.20. The van der Waals surface area contributed by atoms with E-state index in [-0.39, 0.29) is 12.3 Å². The van der Waals surface area contributed by atoms with Crippen LogP contribution in [0.3, 0.4) is 0 Å². The van der Waals surface area contributed by atoms with Crippen LogP contribution >= 0.6 is 23.4 Å². The van der Waals surface area contributed by atoms with Gasteiger partial charge in [0.2, 0.25) is 11.8 Å². The van der Waals surface area contributed by atoms with Gasteiger partial charge in [-0.2, -0.15) is 0 Å². The lowest BCUT2D eigenvalue weighted by Gasteiger charge is -2.16. The average molecular weight is 418 g/mol. The minimum atomic E-state index is -0.542. The molecule has 0 aromatic heterocycles. The molecule has 0 radical (unpaired) electrons. The summed E-state index contributed by atoms with van der Waals surface area (Å²) in [6, 6.07) is 14.7. The monoisotopic (exact) mass is 417 g/mol. The van der Waals surface area contributed by atoms with Gasteiger partial charge in [0.1, 0.15) is 11.0 Å². The van der Waals surface area contributed by atoms with Gasteiger partial charge in [-0.1, -0.05) is 35.5 Å². The van der Waals surface area contributed by atoms with Crippen LogP contribution in [0.4, 0.5) is 5.69 Å². The van der Waals surface area contributed by atoms with Crippen molar-refractivity contribution in [2.45, 2.75) is 18.1 Å². The summed E-state index contributed by atoms with van der Waals surface area (Å²) in [5, 5.41) is 0.690. The number of nitrogens with zero attached hydrogens (tertiary/aromatic N) is 2. The van der Waals surface area contributed by atoms with Gasteiger partial charge in [0.05, 0.1) is 12.8 Å². The predicted octanol–water partition coefficient (Wildman–Crippen LogP) is 3.40. The molecule has 2 aromatic carbocycles. The smallest absolute Gasteiger partial charge is 0.242 e. The van der Waals surface area contributed by atoms with Gasteiger partial charge in [0, 0.05) is 18.0 Å². The number of halogens is 1. The van der Waals surface area contributed by atoms with Crippen LogP contribution in [0.1, 0.15) is 12.0 Å². The molecule has 0 bridgehead atoms. The Hall–Kier alpha value is -2.51. The molecule has 1 fully saturated rings. The molecule has 1 aliphatic heterocycles. The highest BCUT2D eigenvalue weighted by molar-refractivity contribution is 8.15. The Morgan fingerprint density at radius 3 is 2.50 bits per heavy atom. The molecule has 1 saturated heterocycles. The highest BCUT2D eigenvalue weighted by atomic mass is 35.5. The quantitative estimate of drug-likeness (QED) is 0.748. The van der Waals surface area contributed by atoms with Crippen molar-refractivity contribution in [3.05, 3.63) is 59.1 Å². The second-order valence-corrected chi connectivity index (χ2v) is 7.84. The first kappa shape index (κ1) is 20.2. The highest BCUT2D eigenvalue weighted by Gasteiger charge is 2.38. The van der Waals surface area contributed by atoms with Crippen LogP contribution in [0.15, 0.2) is 53.5 Å². The number of hydrogen-bond donors (Lipinski definition) is 1. The molecule has 2 N–H and O–H groups in total. The number of rotatable bonds is 7. The number of amidine groups is 1. The van der Waals surface area contributed by atoms with Gasteiger partial charge >= 0.3 is 0 Å². The Morgan fingerprint density at radius 1 is 1.21 bits per heavy atom. The molecule has 1 heterocycles. The molecule has 0 aliphatic carbocycles. The first-order chi connectivity index (χ1) is 13.5. The molecule has 146 valence electrons. The number of carbonyl (C=O) groups is 2. The third kappa shape index (κ3) is 5.05.